The van der Waals surface area contributed by atoms with Crippen molar-refractivity contribution < 1.29 is 0 Å². The van der Waals surface area contributed by atoms with Crippen LogP contribution in [-0.4, -0.2) is 6.04 Å². The standard InChI is InChI=1S/C17H18BrN/c1-12-6-8-15(18)11-17(12)19-16-9-7-13-4-2-3-5-14(13)10-16/h2-6,8,11,16,19H,7,9-10H2,1H3. The van der Waals surface area contributed by atoms with Crippen LogP contribution in [0, 0.1) is 6.92 Å². The van der Waals surface area contributed by atoms with Crippen LogP contribution in [0.5, 0.6) is 0 Å². The first-order valence-electron chi connectivity index (χ1n) is 6.82. The molecule has 2 aromatic rings. The van der Waals surface area contributed by atoms with Gasteiger partial charge in [-0.05, 0) is 55.0 Å². The van der Waals surface area contributed by atoms with E-state index < -0.39 is 0 Å². The number of anilines is 1. The van der Waals surface area contributed by atoms with Crippen molar-refractivity contribution in [3.05, 3.63) is 63.6 Å². The third-order valence-electron chi connectivity index (χ3n) is 3.91. The summed E-state index contributed by atoms with van der Waals surface area (Å²) in [6, 6.07) is 15.8. The fourth-order valence-electron chi connectivity index (χ4n) is 2.79. The molecule has 1 unspecified atom stereocenters. The van der Waals surface area contributed by atoms with E-state index in [1.54, 1.807) is 0 Å². The highest BCUT2D eigenvalue weighted by atomic mass is 79.9. The first kappa shape index (κ1) is 12.7. The Hall–Kier alpha value is -1.28. The lowest BCUT2D eigenvalue weighted by Crippen LogP contribution is -2.27. The highest BCUT2D eigenvalue weighted by Gasteiger charge is 2.18. The lowest BCUT2D eigenvalue weighted by atomic mass is 9.88. The minimum Gasteiger partial charge on any atom is -0.382 e. The third kappa shape index (κ3) is 2.84. The van der Waals surface area contributed by atoms with Crippen molar-refractivity contribution in [3.8, 4) is 0 Å². The van der Waals surface area contributed by atoms with Crippen LogP contribution in [0.1, 0.15) is 23.1 Å². The predicted molar refractivity (Wildman–Crippen MR) is 84.8 cm³/mol. The molecule has 0 aliphatic heterocycles. The number of halogens is 1. The summed E-state index contributed by atoms with van der Waals surface area (Å²) in [5.41, 5.74) is 5.58. The maximum atomic E-state index is 3.70. The Morgan fingerprint density at radius 3 is 2.74 bits per heavy atom. The van der Waals surface area contributed by atoms with E-state index in [2.05, 4.69) is 70.6 Å². The van der Waals surface area contributed by atoms with Gasteiger partial charge in [0.25, 0.3) is 0 Å². The van der Waals surface area contributed by atoms with Gasteiger partial charge in [-0.3, -0.25) is 0 Å². The molecule has 0 fully saturated rings. The first-order valence-corrected chi connectivity index (χ1v) is 7.61. The van der Waals surface area contributed by atoms with E-state index in [1.807, 2.05) is 0 Å². The monoisotopic (exact) mass is 315 g/mol. The zero-order valence-corrected chi connectivity index (χ0v) is 12.7. The third-order valence-corrected chi connectivity index (χ3v) is 4.40. The second-order valence-corrected chi connectivity index (χ2v) is 6.23. The molecule has 98 valence electrons. The van der Waals surface area contributed by atoms with E-state index in [1.165, 1.54) is 35.2 Å². The van der Waals surface area contributed by atoms with Crippen LogP contribution in [0.4, 0.5) is 5.69 Å². The largest absolute Gasteiger partial charge is 0.382 e. The Morgan fingerprint density at radius 2 is 1.89 bits per heavy atom. The van der Waals surface area contributed by atoms with Crippen LogP contribution in [0.25, 0.3) is 0 Å². The molecule has 0 spiro atoms. The molecule has 2 aromatic carbocycles. The average Bonchev–Trinajstić information content (AvgIpc) is 2.43. The van der Waals surface area contributed by atoms with E-state index in [0.717, 1.165) is 10.9 Å². The normalized spacial score (nSPS) is 17.9. The number of aryl methyl sites for hydroxylation is 2. The van der Waals surface area contributed by atoms with Gasteiger partial charge >= 0.3 is 0 Å². The predicted octanol–water partition coefficient (Wildman–Crippen LogP) is 4.73. The molecule has 1 aliphatic rings. The Labute approximate surface area is 123 Å². The smallest absolute Gasteiger partial charge is 0.0383 e. The Balaban J connectivity index is 1.77. The molecule has 2 heteroatoms. The average molecular weight is 316 g/mol. The lowest BCUT2D eigenvalue weighted by molar-refractivity contribution is 0.610. The molecule has 0 amide bonds. The van der Waals surface area contributed by atoms with E-state index in [9.17, 15) is 0 Å². The van der Waals surface area contributed by atoms with Gasteiger partial charge in [-0.1, -0.05) is 46.3 Å². The number of rotatable bonds is 2. The van der Waals surface area contributed by atoms with Crippen molar-refractivity contribution in [1.82, 2.24) is 0 Å². The van der Waals surface area contributed by atoms with Crippen molar-refractivity contribution >= 4 is 21.6 Å². The molecule has 1 nitrogen and oxygen atoms in total. The van der Waals surface area contributed by atoms with Gasteiger partial charge in [-0.2, -0.15) is 0 Å². The minimum atomic E-state index is 0.544. The van der Waals surface area contributed by atoms with Crippen LogP contribution in [0.3, 0.4) is 0 Å². The summed E-state index contributed by atoms with van der Waals surface area (Å²) in [5, 5.41) is 3.70. The molecule has 0 heterocycles. The van der Waals surface area contributed by atoms with E-state index in [0.29, 0.717) is 6.04 Å². The summed E-state index contributed by atoms with van der Waals surface area (Å²) >= 11 is 3.55. The summed E-state index contributed by atoms with van der Waals surface area (Å²) in [4.78, 5) is 0. The highest BCUT2D eigenvalue weighted by Crippen LogP contribution is 2.26. The maximum Gasteiger partial charge on any atom is 0.0383 e. The molecule has 0 aromatic heterocycles. The van der Waals surface area contributed by atoms with Crippen LogP contribution in [-0.2, 0) is 12.8 Å². The maximum absolute atomic E-state index is 3.70. The van der Waals surface area contributed by atoms with E-state index >= 15 is 0 Å². The molecule has 0 saturated heterocycles. The van der Waals surface area contributed by atoms with Gasteiger partial charge in [0.2, 0.25) is 0 Å². The van der Waals surface area contributed by atoms with Crippen LogP contribution in [0.15, 0.2) is 46.9 Å². The van der Waals surface area contributed by atoms with Gasteiger partial charge in [-0.15, -0.1) is 0 Å². The first-order chi connectivity index (χ1) is 9.22. The lowest BCUT2D eigenvalue weighted by Gasteiger charge is -2.27. The summed E-state index contributed by atoms with van der Waals surface area (Å²) in [5.74, 6) is 0. The molecular weight excluding hydrogens is 298 g/mol. The number of hydrogen-bond acceptors (Lipinski definition) is 1. The van der Waals surface area contributed by atoms with Crippen molar-refractivity contribution in [3.63, 3.8) is 0 Å². The summed E-state index contributed by atoms with van der Waals surface area (Å²) < 4.78 is 1.14. The molecule has 0 saturated carbocycles. The minimum absolute atomic E-state index is 0.544. The number of nitrogens with one attached hydrogen (secondary N) is 1. The van der Waals surface area contributed by atoms with Crippen molar-refractivity contribution in [1.29, 1.82) is 0 Å². The van der Waals surface area contributed by atoms with Crippen molar-refractivity contribution in [2.45, 2.75) is 32.2 Å². The summed E-state index contributed by atoms with van der Waals surface area (Å²) in [6.07, 6.45) is 3.52. The van der Waals surface area contributed by atoms with E-state index in [-0.39, 0.29) is 0 Å². The molecule has 19 heavy (non-hydrogen) atoms. The molecule has 1 atom stereocenters. The molecule has 0 radical (unpaired) electrons. The number of hydrogen-bond donors (Lipinski definition) is 1. The molecular formula is C17H18BrN. The van der Waals surface area contributed by atoms with Gasteiger partial charge in [0.1, 0.15) is 0 Å². The Bertz CT molecular complexity index is 592. The summed E-state index contributed by atoms with van der Waals surface area (Å²) in [7, 11) is 0. The molecule has 1 N–H and O–H groups in total. The zero-order chi connectivity index (χ0) is 13.2. The zero-order valence-electron chi connectivity index (χ0n) is 11.1. The molecule has 1 aliphatic carbocycles. The van der Waals surface area contributed by atoms with Crippen molar-refractivity contribution in [2.24, 2.45) is 0 Å². The molecule has 0 bridgehead atoms. The number of benzene rings is 2. The second-order valence-electron chi connectivity index (χ2n) is 5.31. The van der Waals surface area contributed by atoms with Crippen LogP contribution >= 0.6 is 15.9 Å². The van der Waals surface area contributed by atoms with Gasteiger partial charge in [0, 0.05) is 16.2 Å². The Kier molecular flexibility index (Phi) is 3.61. The highest BCUT2D eigenvalue weighted by molar-refractivity contribution is 9.10. The topological polar surface area (TPSA) is 12.0 Å². The second kappa shape index (κ2) is 5.38. The Morgan fingerprint density at radius 1 is 1.11 bits per heavy atom. The van der Waals surface area contributed by atoms with Gasteiger partial charge in [-0.25, -0.2) is 0 Å². The van der Waals surface area contributed by atoms with Gasteiger partial charge in [0.05, 0.1) is 0 Å². The van der Waals surface area contributed by atoms with Gasteiger partial charge < -0.3 is 5.32 Å². The SMILES string of the molecule is Cc1ccc(Br)cc1NC1CCc2ccccc2C1. The number of fused-ring (bicyclic) bond motifs is 1. The van der Waals surface area contributed by atoms with Crippen LogP contribution in [0.2, 0.25) is 0 Å². The fraction of sp³-hybridized carbons (Fsp3) is 0.294. The summed E-state index contributed by atoms with van der Waals surface area (Å²) in [6.45, 7) is 2.16. The van der Waals surface area contributed by atoms with Crippen molar-refractivity contribution in [2.75, 3.05) is 5.32 Å². The van der Waals surface area contributed by atoms with Gasteiger partial charge in [0.15, 0.2) is 0 Å². The van der Waals surface area contributed by atoms with Crippen LogP contribution < -0.4 is 5.32 Å². The van der Waals surface area contributed by atoms with E-state index in [4.69, 9.17) is 0 Å². The quantitative estimate of drug-likeness (QED) is 0.845. The fourth-order valence-corrected chi connectivity index (χ4v) is 3.15. The molecule has 3 rings (SSSR count).